The van der Waals surface area contributed by atoms with E-state index in [-0.39, 0.29) is 11.3 Å². The third-order valence-corrected chi connectivity index (χ3v) is 5.31. The molecule has 0 spiro atoms. The van der Waals surface area contributed by atoms with Crippen LogP contribution < -0.4 is 4.90 Å². The molecule has 3 aromatic rings. The van der Waals surface area contributed by atoms with E-state index in [1.54, 1.807) is 36.4 Å². The van der Waals surface area contributed by atoms with Gasteiger partial charge in [-0.2, -0.15) is 0 Å². The van der Waals surface area contributed by atoms with Crippen LogP contribution in [0.25, 0.3) is 5.76 Å². The standard InChI is InChI=1S/C24H17ClFNO3/c1-14-2-12-19(13-3-14)27-21(15-6-10-18(26)11-7-15)20(23(29)24(27)30)22(28)16-4-8-17(25)9-5-16/h2-13,21,28H,1H3/b22-20+/t21-/m0/s1. The van der Waals surface area contributed by atoms with Crippen molar-refractivity contribution in [1.29, 1.82) is 0 Å². The van der Waals surface area contributed by atoms with E-state index in [2.05, 4.69) is 0 Å². The lowest BCUT2D eigenvalue weighted by Gasteiger charge is -2.25. The molecule has 0 radical (unpaired) electrons. The minimum Gasteiger partial charge on any atom is -0.507 e. The van der Waals surface area contributed by atoms with Crippen LogP contribution in [0.3, 0.4) is 0 Å². The molecule has 150 valence electrons. The van der Waals surface area contributed by atoms with Gasteiger partial charge in [-0.25, -0.2) is 4.39 Å². The summed E-state index contributed by atoms with van der Waals surface area (Å²) in [5, 5.41) is 11.4. The highest BCUT2D eigenvalue weighted by molar-refractivity contribution is 6.51. The Morgan fingerprint density at radius 2 is 1.53 bits per heavy atom. The Bertz CT molecular complexity index is 1150. The Hall–Kier alpha value is -3.44. The molecule has 4 nitrogen and oxygen atoms in total. The van der Waals surface area contributed by atoms with Crippen LogP contribution in [0.15, 0.2) is 78.4 Å². The van der Waals surface area contributed by atoms with Crippen LogP contribution in [0, 0.1) is 12.7 Å². The second-order valence-corrected chi connectivity index (χ2v) is 7.50. The maximum absolute atomic E-state index is 13.5. The predicted octanol–water partition coefficient (Wildman–Crippen LogP) is 5.41. The average Bonchev–Trinajstić information content (AvgIpc) is 3.00. The number of carbonyl (C=O) groups is 2. The van der Waals surface area contributed by atoms with Gasteiger partial charge in [-0.05, 0) is 61.0 Å². The van der Waals surface area contributed by atoms with E-state index in [1.807, 2.05) is 19.1 Å². The molecule has 0 saturated carbocycles. The largest absolute Gasteiger partial charge is 0.507 e. The van der Waals surface area contributed by atoms with Crippen LogP contribution in [0.4, 0.5) is 10.1 Å². The van der Waals surface area contributed by atoms with Crippen molar-refractivity contribution < 1.29 is 19.1 Å². The number of aliphatic hydroxyl groups excluding tert-OH is 1. The Morgan fingerprint density at radius 1 is 0.933 bits per heavy atom. The summed E-state index contributed by atoms with van der Waals surface area (Å²) in [4.78, 5) is 27.3. The van der Waals surface area contributed by atoms with Crippen molar-refractivity contribution in [2.75, 3.05) is 4.90 Å². The fourth-order valence-electron chi connectivity index (χ4n) is 3.53. The SMILES string of the molecule is Cc1ccc(N2C(=O)C(=O)/C(=C(/O)c3ccc(Cl)cc3)[C@@H]2c2ccc(F)cc2)cc1. The molecule has 4 rings (SSSR count). The van der Waals surface area contributed by atoms with Crippen molar-refractivity contribution >= 4 is 34.7 Å². The summed E-state index contributed by atoms with van der Waals surface area (Å²) in [7, 11) is 0. The number of aryl methyl sites for hydroxylation is 1. The molecule has 1 heterocycles. The number of anilines is 1. The highest BCUT2D eigenvalue weighted by Gasteiger charge is 2.46. The number of rotatable bonds is 3. The molecule has 0 aliphatic carbocycles. The van der Waals surface area contributed by atoms with Gasteiger partial charge in [0.1, 0.15) is 11.6 Å². The first-order valence-corrected chi connectivity index (χ1v) is 9.63. The van der Waals surface area contributed by atoms with E-state index < -0.39 is 23.5 Å². The molecule has 1 aliphatic heterocycles. The molecule has 1 amide bonds. The van der Waals surface area contributed by atoms with E-state index in [0.29, 0.717) is 21.8 Å². The van der Waals surface area contributed by atoms with Crippen LogP contribution in [-0.2, 0) is 9.59 Å². The predicted molar refractivity (Wildman–Crippen MR) is 114 cm³/mol. The maximum Gasteiger partial charge on any atom is 0.300 e. The van der Waals surface area contributed by atoms with E-state index in [9.17, 15) is 19.1 Å². The summed E-state index contributed by atoms with van der Waals surface area (Å²) < 4.78 is 13.5. The van der Waals surface area contributed by atoms with Crippen molar-refractivity contribution in [3.05, 3.63) is 106 Å². The highest BCUT2D eigenvalue weighted by atomic mass is 35.5. The topological polar surface area (TPSA) is 57.6 Å². The molecule has 0 unspecified atom stereocenters. The van der Waals surface area contributed by atoms with E-state index in [1.165, 1.54) is 29.2 Å². The van der Waals surface area contributed by atoms with Crippen molar-refractivity contribution in [2.45, 2.75) is 13.0 Å². The van der Waals surface area contributed by atoms with Crippen molar-refractivity contribution in [3.8, 4) is 0 Å². The lowest BCUT2D eigenvalue weighted by Crippen LogP contribution is -2.29. The molecule has 1 aliphatic rings. The molecule has 6 heteroatoms. The van der Waals surface area contributed by atoms with Gasteiger partial charge in [0.15, 0.2) is 0 Å². The van der Waals surface area contributed by atoms with Gasteiger partial charge >= 0.3 is 0 Å². The minimum atomic E-state index is -0.899. The Morgan fingerprint density at radius 3 is 2.13 bits per heavy atom. The molecular formula is C24H17ClFNO3. The Labute approximate surface area is 177 Å². The number of aliphatic hydroxyl groups is 1. The second kappa shape index (κ2) is 7.76. The summed E-state index contributed by atoms with van der Waals surface area (Å²) >= 11 is 5.92. The molecular weight excluding hydrogens is 405 g/mol. The minimum absolute atomic E-state index is 0.0606. The van der Waals surface area contributed by atoms with E-state index >= 15 is 0 Å². The third-order valence-electron chi connectivity index (χ3n) is 5.06. The maximum atomic E-state index is 13.5. The first-order chi connectivity index (χ1) is 14.4. The van der Waals surface area contributed by atoms with Gasteiger partial charge in [-0.3, -0.25) is 14.5 Å². The fourth-order valence-corrected chi connectivity index (χ4v) is 3.65. The number of hydrogen-bond donors (Lipinski definition) is 1. The number of amides is 1. The number of hydrogen-bond acceptors (Lipinski definition) is 3. The molecule has 30 heavy (non-hydrogen) atoms. The number of carbonyl (C=O) groups excluding carboxylic acids is 2. The normalized spacial score (nSPS) is 18.1. The number of benzene rings is 3. The van der Waals surface area contributed by atoms with Crippen molar-refractivity contribution in [2.24, 2.45) is 0 Å². The van der Waals surface area contributed by atoms with Gasteiger partial charge in [-0.15, -0.1) is 0 Å². The zero-order valence-corrected chi connectivity index (χ0v) is 16.7. The van der Waals surface area contributed by atoms with Crippen molar-refractivity contribution in [3.63, 3.8) is 0 Å². The molecule has 0 bridgehead atoms. The first-order valence-electron chi connectivity index (χ1n) is 9.26. The quantitative estimate of drug-likeness (QED) is 0.349. The number of halogens is 2. The molecule has 3 aromatic carbocycles. The summed E-state index contributed by atoms with van der Waals surface area (Å²) in [6, 6.07) is 18.0. The lowest BCUT2D eigenvalue weighted by atomic mass is 9.95. The first kappa shape index (κ1) is 19.9. The van der Waals surface area contributed by atoms with E-state index in [4.69, 9.17) is 11.6 Å². The monoisotopic (exact) mass is 421 g/mol. The molecule has 1 atom stereocenters. The molecule has 1 saturated heterocycles. The third kappa shape index (κ3) is 3.48. The zero-order valence-electron chi connectivity index (χ0n) is 16.0. The molecule has 0 aromatic heterocycles. The number of nitrogens with zero attached hydrogens (tertiary/aromatic N) is 1. The number of ketones is 1. The van der Waals surface area contributed by atoms with Gasteiger partial charge in [0.05, 0.1) is 11.6 Å². The zero-order chi connectivity index (χ0) is 21.4. The van der Waals surface area contributed by atoms with Crippen LogP contribution in [0.1, 0.15) is 22.7 Å². The fraction of sp³-hybridized carbons (Fsp3) is 0.0833. The van der Waals surface area contributed by atoms with Gasteiger partial charge in [0.25, 0.3) is 11.7 Å². The van der Waals surface area contributed by atoms with Crippen molar-refractivity contribution in [1.82, 2.24) is 0 Å². The van der Waals surface area contributed by atoms with Gasteiger partial charge in [0, 0.05) is 16.3 Å². The van der Waals surface area contributed by atoms with E-state index in [0.717, 1.165) is 5.56 Å². The van der Waals surface area contributed by atoms with Crippen LogP contribution in [-0.4, -0.2) is 16.8 Å². The van der Waals surface area contributed by atoms with Gasteiger partial charge in [-0.1, -0.05) is 41.4 Å². The smallest absolute Gasteiger partial charge is 0.300 e. The lowest BCUT2D eigenvalue weighted by molar-refractivity contribution is -0.132. The summed E-state index contributed by atoms with van der Waals surface area (Å²) in [5.41, 5.74) is 2.30. The number of Topliss-reactive ketones (excluding diaryl/α,β-unsaturated/α-hetero) is 1. The Kier molecular flexibility index (Phi) is 5.14. The Balaban J connectivity index is 1.93. The average molecular weight is 422 g/mol. The summed E-state index contributed by atoms with van der Waals surface area (Å²) in [6.07, 6.45) is 0. The van der Waals surface area contributed by atoms with Crippen LogP contribution in [0.2, 0.25) is 5.02 Å². The van der Waals surface area contributed by atoms with Gasteiger partial charge in [0.2, 0.25) is 0 Å². The van der Waals surface area contributed by atoms with Gasteiger partial charge < -0.3 is 5.11 Å². The van der Waals surface area contributed by atoms with Crippen LogP contribution in [0.5, 0.6) is 0 Å². The molecule has 1 N–H and O–H groups in total. The second-order valence-electron chi connectivity index (χ2n) is 7.06. The summed E-state index contributed by atoms with van der Waals surface area (Å²) in [5.74, 6) is -2.32. The summed E-state index contributed by atoms with van der Waals surface area (Å²) in [6.45, 7) is 1.91. The van der Waals surface area contributed by atoms with Crippen LogP contribution >= 0.6 is 11.6 Å². The highest BCUT2D eigenvalue weighted by Crippen LogP contribution is 2.42. The molecule has 1 fully saturated rings.